The maximum absolute atomic E-state index is 13.2. The lowest BCUT2D eigenvalue weighted by atomic mass is 9.97. The van der Waals surface area contributed by atoms with Gasteiger partial charge < -0.3 is 65.1 Å². The number of hydrogen-bond donors (Lipinski definition) is 9. The molecule has 2 fully saturated rings. The Labute approximate surface area is 429 Å². The Balaban J connectivity index is 1.63. The van der Waals surface area contributed by atoms with Crippen molar-refractivity contribution in [3.05, 3.63) is 48.6 Å². The molecule has 2 saturated heterocycles. The number of ether oxygens (including phenoxy) is 4. The van der Waals surface area contributed by atoms with Crippen LogP contribution in [-0.4, -0.2) is 140 Å². The van der Waals surface area contributed by atoms with Gasteiger partial charge in [-0.05, 0) is 51.4 Å². The van der Waals surface area contributed by atoms with Gasteiger partial charge in [-0.2, -0.15) is 0 Å². The minimum absolute atomic E-state index is 0.211. The summed E-state index contributed by atoms with van der Waals surface area (Å²) in [5.41, 5.74) is 0. The molecule has 0 radical (unpaired) electrons. The lowest BCUT2D eigenvalue weighted by Gasteiger charge is -2.46. The number of aliphatic hydroxyl groups excluding tert-OH is 8. The molecule has 0 aromatic rings. The summed E-state index contributed by atoms with van der Waals surface area (Å²) in [5, 5.41) is 86.8. The Hall–Kier alpha value is -2.05. The number of rotatable bonds is 44. The molecule has 12 unspecified atom stereocenters. The molecule has 12 atom stereocenters. The Bertz CT molecular complexity index is 1380. The molecule has 2 aliphatic rings. The maximum atomic E-state index is 13.2. The number of allylic oxidation sites excluding steroid dienone is 8. The normalized spacial score (nSPS) is 26.1. The third-order valence-electron chi connectivity index (χ3n) is 13.8. The molecule has 0 saturated carbocycles. The van der Waals surface area contributed by atoms with Crippen LogP contribution < -0.4 is 5.32 Å². The zero-order valence-corrected chi connectivity index (χ0v) is 44.2. The summed E-state index contributed by atoms with van der Waals surface area (Å²) in [5.74, 6) is -0.211. The average Bonchev–Trinajstić information content (AvgIpc) is 3.37. The van der Waals surface area contributed by atoms with Gasteiger partial charge in [0.15, 0.2) is 12.6 Å². The summed E-state index contributed by atoms with van der Waals surface area (Å²) >= 11 is 0. The van der Waals surface area contributed by atoms with Crippen LogP contribution >= 0.6 is 0 Å². The third-order valence-corrected chi connectivity index (χ3v) is 13.8. The lowest BCUT2D eigenvalue weighted by Crippen LogP contribution is -2.65. The van der Waals surface area contributed by atoms with E-state index < -0.39 is 86.8 Å². The Morgan fingerprint density at radius 3 is 1.49 bits per heavy atom. The highest BCUT2D eigenvalue weighted by Gasteiger charge is 2.51. The van der Waals surface area contributed by atoms with Crippen LogP contribution in [0.4, 0.5) is 0 Å². The Morgan fingerprint density at radius 2 is 0.972 bits per heavy atom. The average molecular weight is 1010 g/mol. The van der Waals surface area contributed by atoms with E-state index in [1.807, 2.05) is 0 Å². The van der Waals surface area contributed by atoms with Crippen molar-refractivity contribution in [1.82, 2.24) is 5.32 Å². The first-order valence-corrected chi connectivity index (χ1v) is 28.4. The van der Waals surface area contributed by atoms with Gasteiger partial charge in [0.05, 0.1) is 32.0 Å². The van der Waals surface area contributed by atoms with E-state index in [-0.39, 0.29) is 12.5 Å². The number of amides is 1. The highest BCUT2D eigenvalue weighted by molar-refractivity contribution is 5.76. The minimum atomic E-state index is -1.78. The second-order valence-corrected chi connectivity index (χ2v) is 20.0. The highest BCUT2D eigenvalue weighted by Crippen LogP contribution is 2.30. The number of nitrogens with one attached hydrogen (secondary N) is 1. The van der Waals surface area contributed by atoms with E-state index in [1.54, 1.807) is 0 Å². The molecule has 2 rings (SSSR count). The summed E-state index contributed by atoms with van der Waals surface area (Å²) in [7, 11) is 0. The molecule has 2 aliphatic heterocycles. The molecule has 0 spiro atoms. The summed E-state index contributed by atoms with van der Waals surface area (Å²) in [4.78, 5) is 13.2. The number of aliphatic hydroxyl groups is 8. The van der Waals surface area contributed by atoms with Crippen molar-refractivity contribution in [1.29, 1.82) is 0 Å². The molecule has 71 heavy (non-hydrogen) atoms. The van der Waals surface area contributed by atoms with Crippen LogP contribution in [0.3, 0.4) is 0 Å². The van der Waals surface area contributed by atoms with Crippen LogP contribution in [0.2, 0.25) is 0 Å². The third kappa shape index (κ3) is 29.6. The van der Waals surface area contributed by atoms with Gasteiger partial charge in [-0.15, -0.1) is 0 Å². The summed E-state index contributed by atoms with van der Waals surface area (Å²) < 4.78 is 22.7. The fourth-order valence-electron chi connectivity index (χ4n) is 9.23. The Kier molecular flexibility index (Phi) is 39.6. The number of carbonyl (C=O) groups excluding carboxylic acids is 1. The Morgan fingerprint density at radius 1 is 0.521 bits per heavy atom. The van der Waals surface area contributed by atoms with Crippen LogP contribution in [0.5, 0.6) is 0 Å². The van der Waals surface area contributed by atoms with Gasteiger partial charge >= 0.3 is 0 Å². The SMILES string of the molecule is CC/C=C\C/C=C\C/C=C\C/C=C\CCCCCCCCCCCCCCCCCCC(=O)NC(COC1OC(CO)C(OC2OC(CO)C(O)C(O)C2O)C(O)C1O)C(O)CCCCCCCCCC. The van der Waals surface area contributed by atoms with Crippen molar-refractivity contribution in [2.45, 2.75) is 286 Å². The first kappa shape index (κ1) is 65.1. The second kappa shape index (κ2) is 43.2. The standard InChI is InChI=1S/C57H103NO13/c1-3-5-7-9-11-13-14-15-16-17-18-19-20-21-22-23-24-25-26-27-28-29-30-31-32-33-35-37-39-41-49(62)58-45(46(61)40-38-36-34-12-10-8-6-4-2)44-68-56-54(67)52(65)55(48(43-60)70-56)71-57-53(66)51(64)50(63)47(42-59)69-57/h5,7,11,13,15-16,18-19,45-48,50-57,59-61,63-67H,3-4,6,8-10,12,14,17,20-44H2,1-2H3,(H,58,62)/b7-5-,13-11-,16-15-,19-18-. The van der Waals surface area contributed by atoms with Gasteiger partial charge in [0.25, 0.3) is 0 Å². The monoisotopic (exact) mass is 1010 g/mol. The predicted octanol–water partition coefficient (Wildman–Crippen LogP) is 8.83. The molecule has 14 nitrogen and oxygen atoms in total. The van der Waals surface area contributed by atoms with Crippen molar-refractivity contribution >= 4 is 5.91 Å². The summed E-state index contributed by atoms with van der Waals surface area (Å²) in [6.45, 7) is 2.70. The van der Waals surface area contributed by atoms with E-state index >= 15 is 0 Å². The first-order chi connectivity index (χ1) is 34.6. The molecule has 414 valence electrons. The fourth-order valence-corrected chi connectivity index (χ4v) is 9.23. The van der Waals surface area contributed by atoms with Crippen molar-refractivity contribution < 1.29 is 64.6 Å². The van der Waals surface area contributed by atoms with Crippen LogP contribution in [-0.2, 0) is 23.7 Å². The molecule has 2 heterocycles. The lowest BCUT2D eigenvalue weighted by molar-refractivity contribution is -0.359. The number of unbranched alkanes of at least 4 members (excludes halogenated alkanes) is 23. The van der Waals surface area contributed by atoms with Crippen LogP contribution in [0.25, 0.3) is 0 Å². The zero-order valence-electron chi connectivity index (χ0n) is 44.2. The molecular formula is C57H103NO13. The van der Waals surface area contributed by atoms with E-state index in [2.05, 4.69) is 67.8 Å². The van der Waals surface area contributed by atoms with E-state index in [0.717, 1.165) is 77.0 Å². The van der Waals surface area contributed by atoms with Crippen LogP contribution in [0.1, 0.15) is 213 Å². The van der Waals surface area contributed by atoms with Gasteiger partial charge in [0, 0.05) is 6.42 Å². The maximum Gasteiger partial charge on any atom is 0.220 e. The molecule has 14 heteroatoms. The molecule has 1 amide bonds. The number of carbonyl (C=O) groups is 1. The molecule has 9 N–H and O–H groups in total. The van der Waals surface area contributed by atoms with Gasteiger partial charge in [-0.1, -0.05) is 204 Å². The van der Waals surface area contributed by atoms with Gasteiger partial charge in [-0.25, -0.2) is 0 Å². The van der Waals surface area contributed by atoms with E-state index in [9.17, 15) is 45.6 Å². The molecular weight excluding hydrogens is 907 g/mol. The number of hydrogen-bond acceptors (Lipinski definition) is 13. The van der Waals surface area contributed by atoms with E-state index in [0.29, 0.717) is 12.8 Å². The van der Waals surface area contributed by atoms with Crippen LogP contribution in [0.15, 0.2) is 48.6 Å². The van der Waals surface area contributed by atoms with Crippen molar-refractivity contribution in [3.8, 4) is 0 Å². The van der Waals surface area contributed by atoms with E-state index in [4.69, 9.17) is 18.9 Å². The topological polar surface area (TPSA) is 228 Å². The first-order valence-electron chi connectivity index (χ1n) is 28.4. The van der Waals surface area contributed by atoms with Crippen molar-refractivity contribution in [3.63, 3.8) is 0 Å². The van der Waals surface area contributed by atoms with Crippen molar-refractivity contribution in [2.75, 3.05) is 19.8 Å². The molecule has 0 aromatic carbocycles. The highest BCUT2D eigenvalue weighted by atomic mass is 16.7. The van der Waals surface area contributed by atoms with Crippen LogP contribution in [0, 0.1) is 0 Å². The quantitative estimate of drug-likeness (QED) is 0.0206. The summed E-state index contributed by atoms with van der Waals surface area (Å²) in [6.07, 6.45) is 35.8. The van der Waals surface area contributed by atoms with E-state index in [1.165, 1.54) is 109 Å². The fraction of sp³-hybridized carbons (Fsp3) is 0.842. The molecule has 0 aromatic heterocycles. The summed E-state index contributed by atoms with van der Waals surface area (Å²) in [6, 6.07) is -0.826. The van der Waals surface area contributed by atoms with Crippen molar-refractivity contribution in [2.24, 2.45) is 0 Å². The second-order valence-electron chi connectivity index (χ2n) is 20.0. The zero-order chi connectivity index (χ0) is 51.7. The van der Waals surface area contributed by atoms with Gasteiger partial charge in [0.2, 0.25) is 5.91 Å². The largest absolute Gasteiger partial charge is 0.394 e. The van der Waals surface area contributed by atoms with Gasteiger partial charge in [0.1, 0.15) is 48.8 Å². The van der Waals surface area contributed by atoms with Gasteiger partial charge in [-0.3, -0.25) is 4.79 Å². The molecule has 0 bridgehead atoms. The predicted molar refractivity (Wildman–Crippen MR) is 281 cm³/mol. The molecule has 0 aliphatic carbocycles. The smallest absolute Gasteiger partial charge is 0.220 e. The minimum Gasteiger partial charge on any atom is -0.394 e.